The van der Waals surface area contributed by atoms with Gasteiger partial charge >= 0.3 is 6.18 Å². The Labute approximate surface area is 203 Å². The summed E-state index contributed by atoms with van der Waals surface area (Å²) in [6.45, 7) is 0.119. The number of nitrogens with zero attached hydrogens (tertiary/aromatic N) is 3. The Morgan fingerprint density at radius 1 is 1.14 bits per heavy atom. The topological polar surface area (TPSA) is 157 Å². The summed E-state index contributed by atoms with van der Waals surface area (Å²) in [6.07, 6.45) is -3.35. The second kappa shape index (κ2) is 9.56. The highest BCUT2D eigenvalue weighted by Gasteiger charge is 2.36. The van der Waals surface area contributed by atoms with E-state index in [-0.39, 0.29) is 35.3 Å². The Morgan fingerprint density at radius 3 is 2.53 bits per heavy atom. The largest absolute Gasteiger partial charge is 0.435 e. The quantitative estimate of drug-likeness (QED) is 0.402. The van der Waals surface area contributed by atoms with E-state index < -0.39 is 27.8 Å². The minimum absolute atomic E-state index is 0.0270. The Kier molecular flexibility index (Phi) is 6.67. The van der Waals surface area contributed by atoms with Crippen LogP contribution in [0.4, 0.5) is 13.2 Å². The highest BCUT2D eigenvalue weighted by molar-refractivity contribution is 7.89. The van der Waals surface area contributed by atoms with Crippen molar-refractivity contribution in [2.24, 2.45) is 15.9 Å². The van der Waals surface area contributed by atoms with Crippen LogP contribution in [0.1, 0.15) is 27.3 Å². The van der Waals surface area contributed by atoms with Gasteiger partial charge in [0.15, 0.2) is 5.69 Å². The molecule has 1 aromatic heterocycles. The van der Waals surface area contributed by atoms with Crippen molar-refractivity contribution >= 4 is 27.5 Å². The van der Waals surface area contributed by atoms with E-state index in [4.69, 9.17) is 10.9 Å². The summed E-state index contributed by atoms with van der Waals surface area (Å²) in [5, 5.41) is 14.0. The number of amides is 1. The summed E-state index contributed by atoms with van der Waals surface area (Å²) < 4.78 is 64.7. The lowest BCUT2D eigenvalue weighted by Gasteiger charge is -2.17. The molecule has 0 spiro atoms. The number of nitrogens with one attached hydrogen (secondary N) is 2. The average Bonchev–Trinajstić information content (AvgIpc) is 3.31. The number of guanidine groups is 1. The zero-order chi connectivity index (χ0) is 26.1. The fourth-order valence-corrected chi connectivity index (χ4v) is 4.27. The molecule has 0 unspecified atom stereocenters. The number of aromatic nitrogens is 2. The molecule has 4 rings (SSSR count). The lowest BCUT2D eigenvalue weighted by molar-refractivity contribution is -0.141. The molecule has 14 heteroatoms. The number of nitrogens with two attached hydrogens (primary N) is 2. The molecule has 2 aromatic carbocycles. The Morgan fingerprint density at radius 2 is 1.89 bits per heavy atom. The van der Waals surface area contributed by atoms with Crippen LogP contribution in [0.5, 0.6) is 0 Å². The zero-order valence-corrected chi connectivity index (χ0v) is 19.3. The van der Waals surface area contributed by atoms with Gasteiger partial charge < -0.3 is 11.1 Å². The van der Waals surface area contributed by atoms with Gasteiger partial charge in [-0.2, -0.15) is 18.3 Å². The molecule has 0 saturated carbocycles. The summed E-state index contributed by atoms with van der Waals surface area (Å²) in [4.78, 5) is 17.0. The molecule has 1 amide bonds. The molecule has 0 aliphatic carbocycles. The smallest absolute Gasteiger partial charge is 0.332 e. The molecule has 0 saturated heterocycles. The molecule has 0 atom stereocenters. The van der Waals surface area contributed by atoms with E-state index >= 15 is 0 Å². The van der Waals surface area contributed by atoms with E-state index in [2.05, 4.69) is 20.7 Å². The van der Waals surface area contributed by atoms with Gasteiger partial charge in [-0.25, -0.2) is 23.2 Å². The normalized spacial score (nSPS) is 14.0. The second-order valence-corrected chi connectivity index (χ2v) is 9.20. The van der Waals surface area contributed by atoms with Gasteiger partial charge in [0.25, 0.3) is 5.91 Å². The van der Waals surface area contributed by atoms with Gasteiger partial charge in [0.1, 0.15) is 5.69 Å². The van der Waals surface area contributed by atoms with Gasteiger partial charge in [-0.3, -0.25) is 10.1 Å². The summed E-state index contributed by atoms with van der Waals surface area (Å²) in [5.74, 6) is -0.946. The molecule has 0 bridgehead atoms. The monoisotopic (exact) mass is 519 g/mol. The summed E-state index contributed by atoms with van der Waals surface area (Å²) in [5.41, 5.74) is 5.66. The van der Waals surface area contributed by atoms with Crippen molar-refractivity contribution in [1.29, 1.82) is 0 Å². The van der Waals surface area contributed by atoms with Crippen LogP contribution in [-0.4, -0.2) is 36.6 Å². The van der Waals surface area contributed by atoms with E-state index in [9.17, 15) is 26.4 Å². The number of carbonyl (C=O) groups excluding carboxylic acids is 1. The predicted octanol–water partition coefficient (Wildman–Crippen LogP) is 1.73. The Balaban J connectivity index is 1.59. The minimum Gasteiger partial charge on any atom is -0.332 e. The van der Waals surface area contributed by atoms with Gasteiger partial charge in [0, 0.05) is 24.4 Å². The Hall–Kier alpha value is -4.01. The third kappa shape index (κ3) is 5.30. The average molecular weight is 520 g/mol. The molecule has 0 fully saturated rings. The first-order chi connectivity index (χ1) is 17.0. The van der Waals surface area contributed by atoms with E-state index in [0.717, 1.165) is 4.68 Å². The van der Waals surface area contributed by atoms with Crippen molar-refractivity contribution in [3.05, 3.63) is 83.3 Å². The van der Waals surface area contributed by atoms with Gasteiger partial charge in [-0.05, 0) is 29.3 Å². The molecule has 36 heavy (non-hydrogen) atoms. The fourth-order valence-electron chi connectivity index (χ4n) is 3.49. The summed E-state index contributed by atoms with van der Waals surface area (Å²) in [6, 6.07) is 13.0. The summed E-state index contributed by atoms with van der Waals surface area (Å²) in [7, 11) is -3.99. The standard InChI is InChI=1S/C22H20F3N7O3S/c23-22(24,25)19-9-17(32(31-19)15-5-3-4-13(8-15)10-26)20(33)30-21-28-11-14(12-29-21)16-6-1-2-7-18(16)36(27,34)35/h1-9,11H,10,12,26H2,(H2,27,34,35)(H2,28,29,30,33). The van der Waals surface area contributed by atoms with Gasteiger partial charge in [0.05, 0.1) is 17.1 Å². The number of alkyl halides is 3. The highest BCUT2D eigenvalue weighted by atomic mass is 32.2. The molecular formula is C22H20F3N7O3S. The first-order valence-electron chi connectivity index (χ1n) is 10.4. The number of primary sulfonamides is 1. The predicted molar refractivity (Wildman–Crippen MR) is 125 cm³/mol. The number of halogens is 3. The number of aliphatic imine (C=N–C) groups is 1. The van der Waals surface area contributed by atoms with E-state index in [0.29, 0.717) is 22.8 Å². The molecular weight excluding hydrogens is 499 g/mol. The highest BCUT2D eigenvalue weighted by Crippen LogP contribution is 2.30. The Bertz CT molecular complexity index is 1490. The van der Waals surface area contributed by atoms with E-state index in [1.807, 2.05) is 0 Å². The number of rotatable bonds is 5. The maximum Gasteiger partial charge on any atom is 0.435 e. The molecule has 1 aliphatic rings. The van der Waals surface area contributed by atoms with Crippen LogP contribution in [-0.2, 0) is 22.7 Å². The fraction of sp³-hybridized carbons (Fsp3) is 0.136. The van der Waals surface area contributed by atoms with Crippen LogP contribution < -0.4 is 21.5 Å². The van der Waals surface area contributed by atoms with Gasteiger partial charge in [-0.1, -0.05) is 30.3 Å². The zero-order valence-electron chi connectivity index (χ0n) is 18.5. The number of hydrogen-bond acceptors (Lipinski definition) is 7. The van der Waals surface area contributed by atoms with Crippen molar-refractivity contribution < 1.29 is 26.4 Å². The lowest BCUT2D eigenvalue weighted by Crippen LogP contribution is -2.41. The minimum atomic E-state index is -4.78. The van der Waals surface area contributed by atoms with Crippen LogP contribution in [0.3, 0.4) is 0 Å². The third-order valence-electron chi connectivity index (χ3n) is 5.19. The molecule has 3 aromatic rings. The van der Waals surface area contributed by atoms with Crippen molar-refractivity contribution in [2.45, 2.75) is 17.6 Å². The number of benzene rings is 2. The van der Waals surface area contributed by atoms with E-state index in [1.165, 1.54) is 30.5 Å². The molecule has 10 nitrogen and oxygen atoms in total. The molecule has 0 radical (unpaired) electrons. The van der Waals surface area contributed by atoms with Crippen LogP contribution in [0.2, 0.25) is 0 Å². The first-order valence-corrected chi connectivity index (χ1v) is 11.9. The van der Waals surface area contributed by atoms with Crippen LogP contribution in [0.25, 0.3) is 11.3 Å². The van der Waals surface area contributed by atoms with Crippen molar-refractivity contribution in [3.63, 3.8) is 0 Å². The van der Waals surface area contributed by atoms with Crippen LogP contribution in [0, 0.1) is 0 Å². The first kappa shape index (κ1) is 25.1. The maximum atomic E-state index is 13.4. The number of hydrogen-bond donors (Lipinski definition) is 4. The maximum absolute atomic E-state index is 13.4. The number of sulfonamides is 1. The molecule has 188 valence electrons. The summed E-state index contributed by atoms with van der Waals surface area (Å²) >= 11 is 0. The van der Waals surface area contributed by atoms with E-state index in [1.54, 1.807) is 24.3 Å². The molecule has 1 aliphatic heterocycles. The van der Waals surface area contributed by atoms with Crippen molar-refractivity contribution in [3.8, 4) is 5.69 Å². The van der Waals surface area contributed by atoms with Crippen LogP contribution in [0.15, 0.2) is 70.7 Å². The van der Waals surface area contributed by atoms with Crippen LogP contribution >= 0.6 is 0 Å². The SMILES string of the molecule is NCc1cccc(-n2nc(C(F)(F)F)cc2C(=O)NC2=NCC(c3ccccc3S(N)(=O)=O)=CN2)c1. The molecule has 2 heterocycles. The van der Waals surface area contributed by atoms with Gasteiger partial charge in [-0.15, -0.1) is 0 Å². The van der Waals surface area contributed by atoms with Crippen molar-refractivity contribution in [2.75, 3.05) is 6.54 Å². The number of carbonyl (C=O) groups is 1. The lowest BCUT2D eigenvalue weighted by atomic mass is 10.1. The molecule has 6 N–H and O–H groups in total. The third-order valence-corrected chi connectivity index (χ3v) is 6.15. The van der Waals surface area contributed by atoms with Gasteiger partial charge in [0.2, 0.25) is 16.0 Å². The van der Waals surface area contributed by atoms with Crippen molar-refractivity contribution in [1.82, 2.24) is 20.4 Å². The second-order valence-electron chi connectivity index (χ2n) is 7.67.